The first-order valence-electron chi connectivity index (χ1n) is 5.04. The van der Waals surface area contributed by atoms with E-state index in [1.54, 1.807) is 6.07 Å². The molecule has 0 atom stereocenters. The summed E-state index contributed by atoms with van der Waals surface area (Å²) in [6.07, 6.45) is 0.929. The monoisotopic (exact) mass is 207 g/mol. The van der Waals surface area contributed by atoms with E-state index in [9.17, 15) is 4.79 Å². The molecule has 4 heteroatoms. The Balaban J connectivity index is 2.56. The summed E-state index contributed by atoms with van der Waals surface area (Å²) in [4.78, 5) is 11.1. The van der Waals surface area contributed by atoms with Gasteiger partial charge in [0.25, 0.3) is 0 Å². The molecule has 0 bridgehead atoms. The maximum absolute atomic E-state index is 11.1. The van der Waals surface area contributed by atoms with Gasteiger partial charge in [0.05, 0.1) is 0 Å². The minimum atomic E-state index is -0.383. The molecule has 1 amide bonds. The molecule has 0 fully saturated rings. The van der Waals surface area contributed by atoms with Crippen LogP contribution < -0.4 is 16.8 Å². The van der Waals surface area contributed by atoms with Crippen LogP contribution in [0.2, 0.25) is 0 Å². The lowest BCUT2D eigenvalue weighted by atomic mass is 10.1. The highest BCUT2D eigenvalue weighted by Gasteiger charge is 2.05. The summed E-state index contributed by atoms with van der Waals surface area (Å²) in [5.74, 6) is -0.383. The van der Waals surface area contributed by atoms with Gasteiger partial charge in [0.1, 0.15) is 0 Å². The van der Waals surface area contributed by atoms with Crippen molar-refractivity contribution in [2.24, 2.45) is 11.5 Å². The van der Waals surface area contributed by atoms with Gasteiger partial charge in [-0.25, -0.2) is 0 Å². The molecule has 1 aromatic rings. The third-order valence-corrected chi connectivity index (χ3v) is 2.16. The van der Waals surface area contributed by atoms with Gasteiger partial charge in [0.15, 0.2) is 0 Å². The molecule has 0 spiro atoms. The summed E-state index contributed by atoms with van der Waals surface area (Å²) in [5, 5.41) is 3.21. The van der Waals surface area contributed by atoms with Crippen molar-refractivity contribution < 1.29 is 4.79 Å². The van der Waals surface area contributed by atoms with E-state index in [1.807, 2.05) is 18.2 Å². The van der Waals surface area contributed by atoms with Crippen molar-refractivity contribution in [2.75, 3.05) is 13.1 Å². The van der Waals surface area contributed by atoms with Crippen LogP contribution in [0.5, 0.6) is 0 Å². The zero-order valence-electron chi connectivity index (χ0n) is 8.70. The van der Waals surface area contributed by atoms with Crippen molar-refractivity contribution in [1.82, 2.24) is 5.32 Å². The van der Waals surface area contributed by atoms with E-state index in [2.05, 4.69) is 5.32 Å². The molecule has 5 N–H and O–H groups in total. The Kier molecular flexibility index (Phi) is 4.80. The molecule has 1 aromatic carbocycles. The third-order valence-electron chi connectivity index (χ3n) is 2.16. The molecule has 0 aliphatic heterocycles. The summed E-state index contributed by atoms with van der Waals surface area (Å²) in [6.45, 7) is 2.17. The minimum Gasteiger partial charge on any atom is -0.366 e. The van der Waals surface area contributed by atoms with Gasteiger partial charge >= 0.3 is 0 Å². The van der Waals surface area contributed by atoms with E-state index in [4.69, 9.17) is 11.5 Å². The molecule has 0 aromatic heterocycles. The Morgan fingerprint density at radius 1 is 1.33 bits per heavy atom. The number of amides is 1. The van der Waals surface area contributed by atoms with Gasteiger partial charge in [-0.1, -0.05) is 18.2 Å². The number of carbonyl (C=O) groups excluding carboxylic acids is 1. The zero-order chi connectivity index (χ0) is 11.1. The highest BCUT2D eigenvalue weighted by Crippen LogP contribution is 2.07. The molecule has 0 aliphatic rings. The number of rotatable bonds is 6. The van der Waals surface area contributed by atoms with Gasteiger partial charge in [-0.3, -0.25) is 4.79 Å². The van der Waals surface area contributed by atoms with Crippen LogP contribution in [0.1, 0.15) is 22.3 Å². The van der Waals surface area contributed by atoms with E-state index in [0.29, 0.717) is 18.7 Å². The van der Waals surface area contributed by atoms with Crippen molar-refractivity contribution >= 4 is 5.91 Å². The Hall–Kier alpha value is -1.39. The maximum atomic E-state index is 11.1. The number of nitrogens with two attached hydrogens (primary N) is 2. The van der Waals surface area contributed by atoms with Crippen LogP contribution in [0.4, 0.5) is 0 Å². The smallest absolute Gasteiger partial charge is 0.249 e. The van der Waals surface area contributed by atoms with Gasteiger partial charge < -0.3 is 16.8 Å². The normalized spacial score (nSPS) is 10.2. The second kappa shape index (κ2) is 6.16. The predicted octanol–water partition coefficient (Wildman–Crippen LogP) is 0.224. The largest absolute Gasteiger partial charge is 0.366 e. The van der Waals surface area contributed by atoms with E-state index < -0.39 is 0 Å². The molecule has 4 nitrogen and oxygen atoms in total. The van der Waals surface area contributed by atoms with Crippen LogP contribution >= 0.6 is 0 Å². The van der Waals surface area contributed by atoms with Crippen LogP contribution in [-0.2, 0) is 6.54 Å². The fraction of sp³-hybridized carbons (Fsp3) is 0.364. The number of nitrogens with one attached hydrogen (secondary N) is 1. The second-order valence-corrected chi connectivity index (χ2v) is 3.34. The fourth-order valence-electron chi connectivity index (χ4n) is 1.36. The Labute approximate surface area is 89.6 Å². The zero-order valence-corrected chi connectivity index (χ0v) is 8.70. The number of hydrogen-bond acceptors (Lipinski definition) is 3. The molecule has 0 radical (unpaired) electrons. The van der Waals surface area contributed by atoms with Crippen LogP contribution in [0.3, 0.4) is 0 Å². The highest BCUT2D eigenvalue weighted by atomic mass is 16.1. The van der Waals surface area contributed by atoms with Gasteiger partial charge in [-0.15, -0.1) is 0 Å². The van der Waals surface area contributed by atoms with Crippen molar-refractivity contribution in [2.45, 2.75) is 13.0 Å². The Bertz CT molecular complexity index is 325. The van der Waals surface area contributed by atoms with Crippen LogP contribution in [-0.4, -0.2) is 19.0 Å². The summed E-state index contributed by atoms with van der Waals surface area (Å²) >= 11 is 0. The summed E-state index contributed by atoms with van der Waals surface area (Å²) < 4.78 is 0. The SMILES string of the molecule is NCCCNCc1ccccc1C(N)=O. The van der Waals surface area contributed by atoms with Crippen LogP contribution in [0, 0.1) is 0 Å². The number of hydrogen-bond donors (Lipinski definition) is 3. The van der Waals surface area contributed by atoms with Gasteiger partial charge in [-0.2, -0.15) is 0 Å². The van der Waals surface area contributed by atoms with Crippen molar-refractivity contribution in [3.63, 3.8) is 0 Å². The lowest BCUT2D eigenvalue weighted by molar-refractivity contribution is 0.0999. The average Bonchev–Trinajstić information content (AvgIpc) is 2.25. The van der Waals surface area contributed by atoms with Crippen molar-refractivity contribution in [3.8, 4) is 0 Å². The summed E-state index contributed by atoms with van der Waals surface area (Å²) in [5.41, 5.74) is 12.1. The Morgan fingerprint density at radius 2 is 2.07 bits per heavy atom. The van der Waals surface area contributed by atoms with E-state index in [1.165, 1.54) is 0 Å². The molecule has 82 valence electrons. The second-order valence-electron chi connectivity index (χ2n) is 3.34. The van der Waals surface area contributed by atoms with E-state index in [0.717, 1.165) is 18.5 Å². The topological polar surface area (TPSA) is 81.1 Å². The third kappa shape index (κ3) is 3.69. The van der Waals surface area contributed by atoms with Crippen LogP contribution in [0.15, 0.2) is 24.3 Å². The lowest BCUT2D eigenvalue weighted by Gasteiger charge is -2.07. The average molecular weight is 207 g/mol. The molecule has 1 rings (SSSR count). The van der Waals surface area contributed by atoms with E-state index in [-0.39, 0.29) is 5.91 Å². The number of primary amides is 1. The van der Waals surface area contributed by atoms with Gasteiger partial charge in [0, 0.05) is 12.1 Å². The molecule has 0 aliphatic carbocycles. The number of carbonyl (C=O) groups is 1. The van der Waals surface area contributed by atoms with E-state index >= 15 is 0 Å². The van der Waals surface area contributed by atoms with Gasteiger partial charge in [0.2, 0.25) is 5.91 Å². The lowest BCUT2D eigenvalue weighted by Crippen LogP contribution is -2.21. The molecular weight excluding hydrogens is 190 g/mol. The molecule has 0 heterocycles. The first-order chi connectivity index (χ1) is 7.25. The standard InChI is InChI=1S/C11H17N3O/c12-6-3-7-14-8-9-4-1-2-5-10(9)11(13)15/h1-2,4-5,14H,3,6-8,12H2,(H2,13,15). The summed E-state index contributed by atoms with van der Waals surface area (Å²) in [7, 11) is 0. The van der Waals surface area contributed by atoms with Crippen LogP contribution in [0.25, 0.3) is 0 Å². The predicted molar refractivity (Wildman–Crippen MR) is 60.3 cm³/mol. The maximum Gasteiger partial charge on any atom is 0.249 e. The quantitative estimate of drug-likeness (QED) is 0.584. The van der Waals surface area contributed by atoms with Crippen molar-refractivity contribution in [3.05, 3.63) is 35.4 Å². The fourth-order valence-corrected chi connectivity index (χ4v) is 1.36. The number of benzene rings is 1. The minimum absolute atomic E-state index is 0.383. The van der Waals surface area contributed by atoms with Gasteiger partial charge in [-0.05, 0) is 31.1 Å². The first kappa shape index (κ1) is 11.7. The summed E-state index contributed by atoms with van der Waals surface area (Å²) in [6, 6.07) is 7.34. The van der Waals surface area contributed by atoms with Crippen molar-refractivity contribution in [1.29, 1.82) is 0 Å². The Morgan fingerprint density at radius 3 is 2.73 bits per heavy atom. The molecular formula is C11H17N3O. The molecule has 0 saturated heterocycles. The first-order valence-corrected chi connectivity index (χ1v) is 5.04. The molecule has 0 saturated carbocycles. The molecule has 0 unspecified atom stereocenters. The highest BCUT2D eigenvalue weighted by molar-refractivity contribution is 5.94. The molecule has 15 heavy (non-hydrogen) atoms.